The summed E-state index contributed by atoms with van der Waals surface area (Å²) in [5.74, 6) is -0.127. The zero-order valence-corrected chi connectivity index (χ0v) is 17.5. The molecule has 2 rings (SSSR count). The number of likely N-dealkylation sites (N-methyl/N-ethyl adjacent to an activating group) is 1. The minimum Gasteiger partial charge on any atom is -0.495 e. The maximum Gasteiger partial charge on any atom is 0.241 e. The van der Waals surface area contributed by atoms with Gasteiger partial charge in [-0.15, -0.1) is 0 Å². The van der Waals surface area contributed by atoms with E-state index in [1.165, 1.54) is 14.0 Å². The number of hydrogen-bond donors (Lipinski definition) is 2. The van der Waals surface area contributed by atoms with Crippen molar-refractivity contribution >= 4 is 40.6 Å². The van der Waals surface area contributed by atoms with Gasteiger partial charge in [0.05, 0.1) is 25.4 Å². The van der Waals surface area contributed by atoms with Gasteiger partial charge in [-0.05, 0) is 63.4 Å². The first-order valence-corrected chi connectivity index (χ1v) is 9.34. The number of hydrogen-bond acceptors (Lipinski definition) is 5. The number of anilines is 2. The molecule has 0 saturated carbocycles. The van der Waals surface area contributed by atoms with E-state index >= 15 is 0 Å². The zero-order valence-electron chi connectivity index (χ0n) is 16.8. The summed E-state index contributed by atoms with van der Waals surface area (Å²) >= 11 is 5.97. The van der Waals surface area contributed by atoms with Crippen LogP contribution in [0.4, 0.5) is 11.4 Å². The number of ether oxygens (including phenoxy) is 1. The molecule has 7 nitrogen and oxygen atoms in total. The van der Waals surface area contributed by atoms with Crippen LogP contribution in [-0.4, -0.2) is 49.2 Å². The summed E-state index contributed by atoms with van der Waals surface area (Å²) in [5.41, 5.74) is 1.61. The van der Waals surface area contributed by atoms with Crippen LogP contribution in [0, 0.1) is 0 Å². The highest BCUT2D eigenvalue weighted by Crippen LogP contribution is 2.27. The van der Waals surface area contributed by atoms with E-state index in [2.05, 4.69) is 10.6 Å². The van der Waals surface area contributed by atoms with Crippen molar-refractivity contribution in [3.63, 3.8) is 0 Å². The molecule has 0 unspecified atom stereocenters. The van der Waals surface area contributed by atoms with Gasteiger partial charge < -0.3 is 15.4 Å². The number of Topliss-reactive ketones (excluding diaryl/α,β-unsaturated/α-hetero) is 1. The van der Waals surface area contributed by atoms with Gasteiger partial charge >= 0.3 is 0 Å². The molecule has 0 aliphatic rings. The largest absolute Gasteiger partial charge is 0.495 e. The van der Waals surface area contributed by atoms with E-state index < -0.39 is 6.04 Å². The second-order valence-corrected chi connectivity index (χ2v) is 7.04. The number of ketones is 1. The molecule has 29 heavy (non-hydrogen) atoms. The smallest absolute Gasteiger partial charge is 0.241 e. The Morgan fingerprint density at radius 3 is 2.34 bits per heavy atom. The maximum atomic E-state index is 12.5. The van der Waals surface area contributed by atoms with Gasteiger partial charge in [0.15, 0.2) is 5.78 Å². The van der Waals surface area contributed by atoms with Crippen LogP contribution in [-0.2, 0) is 9.59 Å². The number of nitrogens with one attached hydrogen (secondary N) is 2. The van der Waals surface area contributed by atoms with E-state index in [1.54, 1.807) is 61.3 Å². The number of carbonyl (C=O) groups excluding carboxylic acids is 3. The van der Waals surface area contributed by atoms with Gasteiger partial charge in [0.2, 0.25) is 11.8 Å². The molecule has 0 fully saturated rings. The number of amides is 2. The predicted octanol–water partition coefficient (Wildman–Crippen LogP) is 3.45. The molecule has 2 amide bonds. The SMILES string of the molecule is COc1ccc(Cl)cc1NC(=O)CN(C)[C@H](C)C(=O)Nc1ccc(C(C)=O)cc1. The Morgan fingerprint density at radius 2 is 1.76 bits per heavy atom. The summed E-state index contributed by atoms with van der Waals surface area (Å²) in [6, 6.07) is 11.0. The first-order chi connectivity index (χ1) is 13.7. The second kappa shape index (κ2) is 10.0. The number of benzene rings is 2. The lowest BCUT2D eigenvalue weighted by molar-refractivity contribution is -0.122. The third-order valence-corrected chi connectivity index (χ3v) is 4.66. The molecule has 0 aliphatic carbocycles. The fourth-order valence-corrected chi connectivity index (χ4v) is 2.74. The van der Waals surface area contributed by atoms with Crippen molar-refractivity contribution < 1.29 is 19.1 Å². The van der Waals surface area contributed by atoms with Crippen LogP contribution < -0.4 is 15.4 Å². The monoisotopic (exact) mass is 417 g/mol. The quantitative estimate of drug-likeness (QED) is 0.642. The van der Waals surface area contributed by atoms with Crippen molar-refractivity contribution in [1.29, 1.82) is 0 Å². The summed E-state index contributed by atoms with van der Waals surface area (Å²) in [6.07, 6.45) is 0. The van der Waals surface area contributed by atoms with Crippen LogP contribution in [0.1, 0.15) is 24.2 Å². The average molecular weight is 418 g/mol. The number of methoxy groups -OCH3 is 1. The highest BCUT2D eigenvalue weighted by Gasteiger charge is 2.21. The van der Waals surface area contributed by atoms with Crippen LogP contribution in [0.2, 0.25) is 5.02 Å². The van der Waals surface area contributed by atoms with Crippen molar-refractivity contribution in [3.8, 4) is 5.75 Å². The molecular formula is C21H24ClN3O4. The first kappa shape index (κ1) is 22.4. The van der Waals surface area contributed by atoms with Crippen LogP contribution >= 0.6 is 11.6 Å². The molecule has 0 heterocycles. The molecule has 1 atom stereocenters. The third-order valence-electron chi connectivity index (χ3n) is 4.43. The van der Waals surface area contributed by atoms with Gasteiger partial charge in [0, 0.05) is 16.3 Å². The molecule has 2 aromatic rings. The predicted molar refractivity (Wildman–Crippen MR) is 114 cm³/mol. The maximum absolute atomic E-state index is 12.5. The number of rotatable bonds is 8. The molecule has 154 valence electrons. The van der Waals surface area contributed by atoms with Crippen LogP contribution in [0.15, 0.2) is 42.5 Å². The van der Waals surface area contributed by atoms with Crippen LogP contribution in [0.5, 0.6) is 5.75 Å². The van der Waals surface area contributed by atoms with Crippen LogP contribution in [0.3, 0.4) is 0 Å². The van der Waals surface area contributed by atoms with Gasteiger partial charge in [-0.1, -0.05) is 11.6 Å². The molecule has 0 saturated heterocycles. The fraction of sp³-hybridized carbons (Fsp3) is 0.286. The third kappa shape index (κ3) is 6.30. The van der Waals surface area contributed by atoms with E-state index in [1.807, 2.05) is 0 Å². The van der Waals surface area contributed by atoms with Gasteiger partial charge in [-0.3, -0.25) is 19.3 Å². The summed E-state index contributed by atoms with van der Waals surface area (Å²) in [7, 11) is 3.18. The summed E-state index contributed by atoms with van der Waals surface area (Å²) in [6.45, 7) is 3.18. The first-order valence-electron chi connectivity index (χ1n) is 8.96. The molecule has 2 aromatic carbocycles. The van der Waals surface area contributed by atoms with Crippen LogP contribution in [0.25, 0.3) is 0 Å². The molecule has 0 aromatic heterocycles. The Labute approximate surface area is 175 Å². The summed E-state index contributed by atoms with van der Waals surface area (Å²) in [4.78, 5) is 37.8. The molecule has 0 spiro atoms. The summed E-state index contributed by atoms with van der Waals surface area (Å²) < 4.78 is 5.21. The van der Waals surface area contributed by atoms with E-state index in [9.17, 15) is 14.4 Å². The van der Waals surface area contributed by atoms with Gasteiger partial charge in [0.1, 0.15) is 5.75 Å². The number of halogens is 1. The van der Waals surface area contributed by atoms with Crippen molar-refractivity contribution in [2.24, 2.45) is 0 Å². The Morgan fingerprint density at radius 1 is 1.10 bits per heavy atom. The van der Waals surface area contributed by atoms with Gasteiger partial charge in [-0.2, -0.15) is 0 Å². The van der Waals surface area contributed by atoms with Crippen molar-refractivity contribution in [2.75, 3.05) is 31.3 Å². The molecular weight excluding hydrogens is 394 g/mol. The van der Waals surface area contributed by atoms with E-state index in [4.69, 9.17) is 16.3 Å². The lowest BCUT2D eigenvalue weighted by Crippen LogP contribution is -2.43. The normalized spacial score (nSPS) is 11.7. The Kier molecular flexibility index (Phi) is 7.75. The zero-order chi connectivity index (χ0) is 21.6. The van der Waals surface area contributed by atoms with Gasteiger partial charge in [0.25, 0.3) is 0 Å². The lowest BCUT2D eigenvalue weighted by atomic mass is 10.1. The molecule has 8 heteroatoms. The molecule has 2 N–H and O–H groups in total. The highest BCUT2D eigenvalue weighted by molar-refractivity contribution is 6.31. The standard InChI is InChI=1S/C21H24ClN3O4/c1-13(21(28)23-17-8-5-15(6-9-17)14(2)26)25(3)12-20(27)24-18-11-16(22)7-10-19(18)29-4/h5-11,13H,12H2,1-4H3,(H,23,28)(H,24,27)/t13-/m1/s1. The second-order valence-electron chi connectivity index (χ2n) is 6.61. The minimum absolute atomic E-state index is 0.00642. The topological polar surface area (TPSA) is 87.7 Å². The molecule has 0 aliphatic heterocycles. The minimum atomic E-state index is -0.561. The van der Waals surface area contributed by atoms with Crippen molar-refractivity contribution in [3.05, 3.63) is 53.1 Å². The van der Waals surface area contributed by atoms with E-state index in [0.717, 1.165) is 0 Å². The fourth-order valence-electron chi connectivity index (χ4n) is 2.57. The van der Waals surface area contributed by atoms with Gasteiger partial charge in [-0.25, -0.2) is 0 Å². The Bertz CT molecular complexity index is 899. The highest BCUT2D eigenvalue weighted by atomic mass is 35.5. The number of carbonyl (C=O) groups is 3. The molecule has 0 radical (unpaired) electrons. The molecule has 0 bridgehead atoms. The van der Waals surface area contributed by atoms with Crippen molar-refractivity contribution in [1.82, 2.24) is 4.90 Å². The van der Waals surface area contributed by atoms with E-state index in [0.29, 0.717) is 27.7 Å². The average Bonchev–Trinajstić information content (AvgIpc) is 2.67. The summed E-state index contributed by atoms with van der Waals surface area (Å²) in [5, 5.41) is 5.99. The van der Waals surface area contributed by atoms with Crippen molar-refractivity contribution in [2.45, 2.75) is 19.9 Å². The van der Waals surface area contributed by atoms with E-state index in [-0.39, 0.29) is 24.1 Å². The lowest BCUT2D eigenvalue weighted by Gasteiger charge is -2.23. The number of nitrogens with zero attached hydrogens (tertiary/aromatic N) is 1. The Balaban J connectivity index is 1.94. The Hall–Kier alpha value is -2.90.